The number of fused-ring (bicyclic) bond motifs is 5. The van der Waals surface area contributed by atoms with Crippen molar-refractivity contribution in [2.75, 3.05) is 21.4 Å². The van der Waals surface area contributed by atoms with Crippen molar-refractivity contribution >= 4 is 50.2 Å². The molecule has 0 radical (unpaired) electrons. The zero-order valence-electron chi connectivity index (χ0n) is 36.4. The second-order valence-corrected chi connectivity index (χ2v) is 19.1. The van der Waals surface area contributed by atoms with Crippen LogP contribution in [0.1, 0.15) is 77.6 Å². The Morgan fingerprint density at radius 1 is 0.525 bits per heavy atom. The standard InChI is InChI=1S/C55H53N5O/c1-53(2,3)37-20-27-48-45(32-37)44-26-25-43(35-51(44)60(48)52-33-38(28-29-56-52)54(4,5)6)61-42-15-13-14-41(34-42)58-31-30-57(36-58)39-21-23-40(24-22-39)59-49-18-11-9-16-46(49)55(7,8)47-17-10-12-19-50(47)59/h9-35H,36H2,1-8H3. The Bertz CT molecular complexity index is 2950. The Morgan fingerprint density at radius 2 is 1.15 bits per heavy atom. The molecule has 0 N–H and O–H groups in total. The van der Waals surface area contributed by atoms with E-state index in [1.165, 1.54) is 44.4 Å². The fourth-order valence-electron chi connectivity index (χ4n) is 9.14. The van der Waals surface area contributed by atoms with Crippen LogP contribution in [-0.2, 0) is 16.2 Å². The minimum absolute atomic E-state index is 0.00684. The van der Waals surface area contributed by atoms with Gasteiger partial charge in [-0.15, -0.1) is 0 Å². The van der Waals surface area contributed by atoms with Gasteiger partial charge in [0.25, 0.3) is 0 Å². The van der Waals surface area contributed by atoms with E-state index in [4.69, 9.17) is 9.72 Å². The van der Waals surface area contributed by atoms with E-state index in [0.717, 1.165) is 45.4 Å². The Morgan fingerprint density at radius 3 is 1.84 bits per heavy atom. The SMILES string of the molecule is CC(C)(C)c1ccnc(-n2c3ccc(C(C)(C)C)cc3c3ccc(Oc4cccc(N5C=CN(c6ccc(N7c8ccccc8C(C)(C)c8ccccc87)cc6)C5)c4)cc32)c1. The molecule has 2 aromatic heterocycles. The molecule has 0 spiro atoms. The van der Waals surface area contributed by atoms with Crippen molar-refractivity contribution in [3.8, 4) is 17.3 Å². The van der Waals surface area contributed by atoms with Gasteiger partial charge in [-0.3, -0.25) is 4.57 Å². The van der Waals surface area contributed by atoms with Crippen LogP contribution < -0.4 is 19.4 Å². The van der Waals surface area contributed by atoms with Gasteiger partial charge in [-0.25, -0.2) is 4.98 Å². The summed E-state index contributed by atoms with van der Waals surface area (Å²) in [5.74, 6) is 2.46. The van der Waals surface area contributed by atoms with Crippen molar-refractivity contribution in [3.05, 3.63) is 186 Å². The summed E-state index contributed by atoms with van der Waals surface area (Å²) in [5.41, 5.74) is 13.1. The molecule has 4 heterocycles. The van der Waals surface area contributed by atoms with E-state index in [-0.39, 0.29) is 16.2 Å². The van der Waals surface area contributed by atoms with Crippen LogP contribution in [-0.4, -0.2) is 16.2 Å². The summed E-state index contributed by atoms with van der Waals surface area (Å²) >= 11 is 0. The van der Waals surface area contributed by atoms with Gasteiger partial charge in [0, 0.05) is 64.0 Å². The van der Waals surface area contributed by atoms with Crippen LogP contribution in [0.3, 0.4) is 0 Å². The van der Waals surface area contributed by atoms with Gasteiger partial charge in [-0.05, 0) is 118 Å². The average molecular weight is 800 g/mol. The Balaban J connectivity index is 0.914. The van der Waals surface area contributed by atoms with Crippen molar-refractivity contribution in [2.24, 2.45) is 0 Å². The van der Waals surface area contributed by atoms with E-state index in [1.807, 2.05) is 12.3 Å². The van der Waals surface area contributed by atoms with Crippen molar-refractivity contribution in [3.63, 3.8) is 0 Å². The van der Waals surface area contributed by atoms with Crippen LogP contribution in [0.25, 0.3) is 27.6 Å². The minimum atomic E-state index is -0.0850. The van der Waals surface area contributed by atoms with Crippen molar-refractivity contribution in [2.45, 2.75) is 71.6 Å². The molecule has 8 aromatic rings. The van der Waals surface area contributed by atoms with Gasteiger partial charge in [-0.2, -0.15) is 0 Å². The number of benzene rings is 6. The molecule has 304 valence electrons. The second kappa shape index (κ2) is 14.2. The maximum Gasteiger partial charge on any atom is 0.137 e. The van der Waals surface area contributed by atoms with Gasteiger partial charge in [0.2, 0.25) is 0 Å². The van der Waals surface area contributed by atoms with Crippen LogP contribution in [0.4, 0.5) is 28.4 Å². The summed E-state index contributed by atoms with van der Waals surface area (Å²) in [5, 5.41) is 2.39. The topological polar surface area (TPSA) is 36.8 Å². The molecule has 0 atom stereocenters. The summed E-state index contributed by atoms with van der Waals surface area (Å²) in [7, 11) is 0. The Kier molecular flexibility index (Phi) is 8.92. The third kappa shape index (κ3) is 6.71. The van der Waals surface area contributed by atoms with Crippen LogP contribution >= 0.6 is 0 Å². The zero-order valence-corrected chi connectivity index (χ0v) is 36.4. The van der Waals surface area contributed by atoms with Crippen LogP contribution in [0.2, 0.25) is 0 Å². The number of hydrogen-bond acceptors (Lipinski definition) is 5. The molecule has 0 amide bonds. The third-order valence-corrected chi connectivity index (χ3v) is 12.6. The highest BCUT2D eigenvalue weighted by molar-refractivity contribution is 6.09. The maximum atomic E-state index is 6.67. The van der Waals surface area contributed by atoms with Gasteiger partial charge in [0.05, 0.1) is 29.1 Å². The normalized spacial score (nSPS) is 14.8. The molecule has 0 saturated carbocycles. The largest absolute Gasteiger partial charge is 0.457 e. The predicted molar refractivity (Wildman–Crippen MR) is 255 cm³/mol. The Labute approximate surface area is 360 Å². The molecule has 0 unspecified atom stereocenters. The average Bonchev–Trinajstić information content (AvgIpc) is 3.87. The number of para-hydroxylation sites is 2. The first-order chi connectivity index (χ1) is 29.2. The van der Waals surface area contributed by atoms with E-state index in [2.05, 4.69) is 227 Å². The number of aromatic nitrogens is 2. The summed E-state index contributed by atoms with van der Waals surface area (Å²) in [4.78, 5) is 11.8. The van der Waals surface area contributed by atoms with Crippen LogP contribution in [0, 0.1) is 0 Å². The van der Waals surface area contributed by atoms with Crippen molar-refractivity contribution < 1.29 is 4.74 Å². The molecule has 61 heavy (non-hydrogen) atoms. The van der Waals surface area contributed by atoms with E-state index >= 15 is 0 Å². The molecule has 0 saturated heterocycles. The molecule has 10 rings (SSSR count). The molecule has 2 aliphatic rings. The number of hydrogen-bond donors (Lipinski definition) is 0. The van der Waals surface area contributed by atoms with Crippen LogP contribution in [0.15, 0.2) is 164 Å². The maximum absolute atomic E-state index is 6.67. The number of nitrogens with zero attached hydrogens (tertiary/aromatic N) is 5. The number of rotatable bonds is 6. The molecule has 0 fully saturated rings. The lowest BCUT2D eigenvalue weighted by Crippen LogP contribution is -2.30. The lowest BCUT2D eigenvalue weighted by Gasteiger charge is -2.42. The first kappa shape index (κ1) is 38.4. The monoisotopic (exact) mass is 799 g/mol. The predicted octanol–water partition coefficient (Wildman–Crippen LogP) is 14.4. The molecule has 6 heteroatoms. The second-order valence-electron chi connectivity index (χ2n) is 19.1. The van der Waals surface area contributed by atoms with Crippen molar-refractivity contribution in [1.29, 1.82) is 0 Å². The number of pyridine rings is 1. The van der Waals surface area contributed by atoms with Crippen molar-refractivity contribution in [1.82, 2.24) is 9.55 Å². The fraction of sp³-hybridized carbons (Fsp3) is 0.218. The van der Waals surface area contributed by atoms with Gasteiger partial charge in [0.15, 0.2) is 0 Å². The molecular weight excluding hydrogens is 747 g/mol. The number of ether oxygens (including phenoxy) is 1. The molecule has 2 aliphatic heterocycles. The highest BCUT2D eigenvalue weighted by Crippen LogP contribution is 2.51. The summed E-state index contributed by atoms with van der Waals surface area (Å²) < 4.78 is 8.96. The summed E-state index contributed by atoms with van der Waals surface area (Å²) in [6.45, 7) is 18.9. The van der Waals surface area contributed by atoms with Crippen LogP contribution in [0.5, 0.6) is 11.5 Å². The third-order valence-electron chi connectivity index (χ3n) is 12.6. The van der Waals surface area contributed by atoms with E-state index in [1.54, 1.807) is 0 Å². The van der Waals surface area contributed by atoms with E-state index in [0.29, 0.717) is 6.67 Å². The van der Waals surface area contributed by atoms with Gasteiger partial charge in [-0.1, -0.05) is 104 Å². The first-order valence-electron chi connectivity index (χ1n) is 21.4. The lowest BCUT2D eigenvalue weighted by molar-refractivity contribution is 0.483. The fourth-order valence-corrected chi connectivity index (χ4v) is 9.14. The quantitative estimate of drug-likeness (QED) is 0.167. The highest BCUT2D eigenvalue weighted by Gasteiger charge is 2.36. The highest BCUT2D eigenvalue weighted by atomic mass is 16.5. The van der Waals surface area contributed by atoms with E-state index in [9.17, 15) is 0 Å². The van der Waals surface area contributed by atoms with E-state index < -0.39 is 0 Å². The lowest BCUT2D eigenvalue weighted by atomic mass is 9.73. The Hall–Kier alpha value is -6.79. The van der Waals surface area contributed by atoms with Gasteiger partial charge >= 0.3 is 0 Å². The molecule has 6 nitrogen and oxygen atoms in total. The molecule has 0 bridgehead atoms. The van der Waals surface area contributed by atoms with Gasteiger partial charge in [0.1, 0.15) is 17.3 Å². The summed E-state index contributed by atoms with van der Waals surface area (Å²) in [6, 6.07) is 52.5. The molecular formula is C55H53N5O. The minimum Gasteiger partial charge on any atom is -0.457 e. The zero-order chi connectivity index (χ0) is 42.3. The summed E-state index contributed by atoms with van der Waals surface area (Å²) in [6.07, 6.45) is 6.22. The smallest absolute Gasteiger partial charge is 0.137 e. The molecule has 6 aromatic carbocycles. The number of anilines is 5. The first-order valence-corrected chi connectivity index (χ1v) is 21.4. The van der Waals surface area contributed by atoms with Gasteiger partial charge < -0.3 is 19.4 Å². The molecule has 0 aliphatic carbocycles.